The number of carbonyl (C=O) groups is 1. The fourth-order valence-electron chi connectivity index (χ4n) is 3.31. The fraction of sp³-hybridized carbons (Fsp3) is 0.611. The molecule has 2 unspecified atom stereocenters. The third-order valence-corrected chi connectivity index (χ3v) is 4.64. The Morgan fingerprint density at radius 2 is 1.90 bits per heavy atom. The lowest BCUT2D eigenvalue weighted by atomic mass is 9.98. The number of ketones is 1. The number of hydrogen-bond donors (Lipinski definition) is 0. The Kier molecular flexibility index (Phi) is 4.98. The van der Waals surface area contributed by atoms with Crippen molar-refractivity contribution in [2.24, 2.45) is 5.92 Å². The van der Waals surface area contributed by atoms with E-state index < -0.39 is 0 Å². The number of Topliss-reactive ketones (excluding diaryl/α,β-unsaturated/α-hetero) is 1. The van der Waals surface area contributed by atoms with Crippen LogP contribution in [0.1, 0.15) is 56.5 Å². The van der Waals surface area contributed by atoms with Crippen LogP contribution in [0.5, 0.6) is 0 Å². The SMILES string of the molecule is CCc1ccc(C(=O)C(C)N2CCCC2C(C)C)cc1. The van der Waals surface area contributed by atoms with Gasteiger partial charge in [-0.1, -0.05) is 45.0 Å². The van der Waals surface area contributed by atoms with Crippen LogP contribution < -0.4 is 0 Å². The molecule has 1 aliphatic rings. The summed E-state index contributed by atoms with van der Waals surface area (Å²) >= 11 is 0. The van der Waals surface area contributed by atoms with Gasteiger partial charge in [-0.25, -0.2) is 0 Å². The summed E-state index contributed by atoms with van der Waals surface area (Å²) in [5.74, 6) is 0.885. The lowest BCUT2D eigenvalue weighted by Crippen LogP contribution is -2.44. The highest BCUT2D eigenvalue weighted by Crippen LogP contribution is 2.27. The van der Waals surface area contributed by atoms with E-state index >= 15 is 0 Å². The van der Waals surface area contributed by atoms with Crippen molar-refractivity contribution in [1.29, 1.82) is 0 Å². The first kappa shape index (κ1) is 15.2. The number of nitrogens with zero attached hydrogens (tertiary/aromatic N) is 1. The van der Waals surface area contributed by atoms with E-state index in [1.54, 1.807) is 0 Å². The van der Waals surface area contributed by atoms with Gasteiger partial charge in [0.25, 0.3) is 0 Å². The standard InChI is InChI=1S/C18H27NO/c1-5-15-8-10-16(11-9-15)18(20)14(4)19-12-6-7-17(19)13(2)3/h8-11,13-14,17H,5-7,12H2,1-4H3. The summed E-state index contributed by atoms with van der Waals surface area (Å²) in [6, 6.07) is 8.67. The quantitative estimate of drug-likeness (QED) is 0.757. The lowest BCUT2D eigenvalue weighted by Gasteiger charge is -2.32. The zero-order valence-corrected chi connectivity index (χ0v) is 13.2. The molecular formula is C18H27NO. The summed E-state index contributed by atoms with van der Waals surface area (Å²) in [6.45, 7) is 9.78. The monoisotopic (exact) mass is 273 g/mol. The van der Waals surface area contributed by atoms with E-state index in [1.807, 2.05) is 12.1 Å². The van der Waals surface area contributed by atoms with E-state index in [0.717, 1.165) is 18.5 Å². The first-order chi connectivity index (χ1) is 9.54. The van der Waals surface area contributed by atoms with Crippen molar-refractivity contribution >= 4 is 5.78 Å². The smallest absolute Gasteiger partial charge is 0.179 e. The van der Waals surface area contributed by atoms with Crippen LogP contribution in [-0.4, -0.2) is 29.3 Å². The highest BCUT2D eigenvalue weighted by Gasteiger charge is 2.33. The molecule has 0 spiro atoms. The van der Waals surface area contributed by atoms with Crippen LogP contribution in [0.25, 0.3) is 0 Å². The molecule has 0 radical (unpaired) electrons. The second-order valence-corrected chi connectivity index (χ2v) is 6.28. The van der Waals surface area contributed by atoms with Crippen molar-refractivity contribution in [3.8, 4) is 0 Å². The summed E-state index contributed by atoms with van der Waals surface area (Å²) in [6.07, 6.45) is 3.46. The summed E-state index contributed by atoms with van der Waals surface area (Å²) < 4.78 is 0. The molecule has 0 saturated carbocycles. The molecule has 1 aliphatic heterocycles. The molecule has 1 aromatic carbocycles. The van der Waals surface area contributed by atoms with Gasteiger partial charge < -0.3 is 0 Å². The average molecular weight is 273 g/mol. The maximum atomic E-state index is 12.7. The van der Waals surface area contributed by atoms with Gasteiger partial charge in [-0.3, -0.25) is 9.69 Å². The van der Waals surface area contributed by atoms with E-state index in [9.17, 15) is 4.79 Å². The van der Waals surface area contributed by atoms with E-state index in [2.05, 4.69) is 44.7 Å². The number of aryl methyl sites for hydroxylation is 1. The average Bonchev–Trinajstić information content (AvgIpc) is 2.95. The molecule has 1 saturated heterocycles. The van der Waals surface area contributed by atoms with Gasteiger partial charge in [0.05, 0.1) is 6.04 Å². The van der Waals surface area contributed by atoms with Gasteiger partial charge in [0.2, 0.25) is 0 Å². The molecule has 0 aromatic heterocycles. The minimum atomic E-state index is -0.00243. The Bertz CT molecular complexity index is 449. The fourth-order valence-corrected chi connectivity index (χ4v) is 3.31. The van der Waals surface area contributed by atoms with Crippen LogP contribution in [0.2, 0.25) is 0 Å². The van der Waals surface area contributed by atoms with Gasteiger partial charge in [-0.2, -0.15) is 0 Å². The van der Waals surface area contributed by atoms with Crippen LogP contribution in [-0.2, 0) is 6.42 Å². The molecule has 2 atom stereocenters. The van der Waals surface area contributed by atoms with Gasteiger partial charge in [-0.05, 0) is 44.2 Å². The third-order valence-electron chi connectivity index (χ3n) is 4.64. The Morgan fingerprint density at radius 3 is 2.45 bits per heavy atom. The minimum absolute atomic E-state index is 0.00243. The van der Waals surface area contributed by atoms with Crippen molar-refractivity contribution in [3.05, 3.63) is 35.4 Å². The lowest BCUT2D eigenvalue weighted by molar-refractivity contribution is 0.0785. The van der Waals surface area contributed by atoms with Crippen molar-refractivity contribution in [3.63, 3.8) is 0 Å². The molecular weight excluding hydrogens is 246 g/mol. The topological polar surface area (TPSA) is 20.3 Å². The first-order valence-corrected chi connectivity index (χ1v) is 7.93. The molecule has 0 bridgehead atoms. The summed E-state index contributed by atoms with van der Waals surface area (Å²) in [5, 5.41) is 0. The predicted molar refractivity (Wildman–Crippen MR) is 84.2 cm³/mol. The van der Waals surface area contributed by atoms with Crippen LogP contribution >= 0.6 is 0 Å². The maximum Gasteiger partial charge on any atom is 0.179 e. The molecule has 2 nitrogen and oxygen atoms in total. The predicted octanol–water partition coefficient (Wildman–Crippen LogP) is 3.94. The van der Waals surface area contributed by atoms with Crippen molar-refractivity contribution < 1.29 is 4.79 Å². The van der Waals surface area contributed by atoms with E-state index in [-0.39, 0.29) is 11.8 Å². The zero-order chi connectivity index (χ0) is 14.7. The number of rotatable bonds is 5. The van der Waals surface area contributed by atoms with Crippen molar-refractivity contribution in [2.45, 2.75) is 59.0 Å². The molecule has 0 N–H and O–H groups in total. The normalized spacial score (nSPS) is 21.4. The first-order valence-electron chi connectivity index (χ1n) is 7.93. The number of carbonyl (C=O) groups excluding carboxylic acids is 1. The number of likely N-dealkylation sites (tertiary alicyclic amines) is 1. The molecule has 110 valence electrons. The van der Waals surface area contributed by atoms with E-state index in [0.29, 0.717) is 12.0 Å². The molecule has 1 heterocycles. The van der Waals surface area contributed by atoms with Crippen LogP contribution in [0.3, 0.4) is 0 Å². The summed E-state index contributed by atoms with van der Waals surface area (Å²) in [4.78, 5) is 15.1. The molecule has 20 heavy (non-hydrogen) atoms. The van der Waals surface area contributed by atoms with Crippen LogP contribution in [0.4, 0.5) is 0 Å². The highest BCUT2D eigenvalue weighted by molar-refractivity contribution is 5.99. The minimum Gasteiger partial charge on any atom is -0.292 e. The van der Waals surface area contributed by atoms with Gasteiger partial charge in [-0.15, -0.1) is 0 Å². The second-order valence-electron chi connectivity index (χ2n) is 6.28. The Hall–Kier alpha value is -1.15. The van der Waals surface area contributed by atoms with Gasteiger partial charge in [0.1, 0.15) is 0 Å². The van der Waals surface area contributed by atoms with E-state index in [1.165, 1.54) is 18.4 Å². The Balaban J connectivity index is 2.11. The Labute approximate surface area is 123 Å². The number of benzene rings is 1. The molecule has 2 rings (SSSR count). The molecule has 1 aromatic rings. The summed E-state index contributed by atoms with van der Waals surface area (Å²) in [7, 11) is 0. The van der Waals surface area contributed by atoms with Crippen LogP contribution in [0, 0.1) is 5.92 Å². The molecule has 0 aliphatic carbocycles. The molecule has 0 amide bonds. The van der Waals surface area contributed by atoms with Crippen LogP contribution in [0.15, 0.2) is 24.3 Å². The highest BCUT2D eigenvalue weighted by atomic mass is 16.1. The van der Waals surface area contributed by atoms with E-state index in [4.69, 9.17) is 0 Å². The largest absolute Gasteiger partial charge is 0.292 e. The summed E-state index contributed by atoms with van der Waals surface area (Å²) in [5.41, 5.74) is 2.14. The zero-order valence-electron chi connectivity index (χ0n) is 13.2. The molecule has 2 heteroatoms. The maximum absolute atomic E-state index is 12.7. The third kappa shape index (κ3) is 3.12. The second kappa shape index (κ2) is 6.53. The van der Waals surface area contributed by atoms with Crippen molar-refractivity contribution in [2.75, 3.05) is 6.54 Å². The van der Waals surface area contributed by atoms with Gasteiger partial charge >= 0.3 is 0 Å². The molecule has 1 fully saturated rings. The number of hydrogen-bond acceptors (Lipinski definition) is 2. The van der Waals surface area contributed by atoms with Crippen molar-refractivity contribution in [1.82, 2.24) is 4.90 Å². The van der Waals surface area contributed by atoms with Gasteiger partial charge in [0.15, 0.2) is 5.78 Å². The van der Waals surface area contributed by atoms with Gasteiger partial charge in [0, 0.05) is 11.6 Å². The Morgan fingerprint density at radius 1 is 1.25 bits per heavy atom.